The van der Waals surface area contributed by atoms with Gasteiger partial charge in [-0.05, 0) is 63.7 Å². The van der Waals surface area contributed by atoms with Crippen LogP contribution < -0.4 is 20.5 Å². The number of nitrogens with two attached hydrogens (primary N) is 1. The van der Waals surface area contributed by atoms with Crippen molar-refractivity contribution in [2.75, 3.05) is 25.3 Å². The number of rotatable bonds is 4. The van der Waals surface area contributed by atoms with Crippen LogP contribution in [0, 0.1) is 3.57 Å². The lowest BCUT2D eigenvalue weighted by molar-refractivity contribution is 0.102. The molecule has 1 amide bonds. The van der Waals surface area contributed by atoms with E-state index < -0.39 is 5.91 Å². The van der Waals surface area contributed by atoms with E-state index in [2.05, 4.69) is 27.9 Å². The average Bonchev–Trinajstić information content (AvgIpc) is 2.79. The summed E-state index contributed by atoms with van der Waals surface area (Å²) >= 11 is 8.29. The van der Waals surface area contributed by atoms with Crippen molar-refractivity contribution in [3.63, 3.8) is 0 Å². The zero-order valence-electron chi connectivity index (χ0n) is 17.9. The number of ether oxygens (including phenoxy) is 2. The minimum absolute atomic E-state index is 0.101. The number of anilines is 2. The molecule has 0 fully saturated rings. The maximum absolute atomic E-state index is 12.6. The Hall–Kier alpha value is -3.17. The van der Waals surface area contributed by atoms with Crippen LogP contribution in [-0.2, 0) is 0 Å². The first-order valence-electron chi connectivity index (χ1n) is 9.78. The van der Waals surface area contributed by atoms with E-state index >= 15 is 0 Å². The van der Waals surface area contributed by atoms with Crippen LogP contribution in [-0.4, -0.2) is 25.2 Å². The summed E-state index contributed by atoms with van der Waals surface area (Å²) in [6, 6.07) is 21.6. The summed E-state index contributed by atoms with van der Waals surface area (Å²) in [5, 5.41) is 15.0. The summed E-state index contributed by atoms with van der Waals surface area (Å²) in [6.07, 6.45) is 0. The summed E-state index contributed by atoms with van der Waals surface area (Å²) in [4.78, 5) is 12.6. The molecule has 0 bridgehead atoms. The number of halogens is 2. The van der Waals surface area contributed by atoms with Gasteiger partial charge in [0.2, 0.25) is 0 Å². The second kappa shape index (κ2) is 11.1. The molecule has 0 radical (unpaired) electrons. The molecule has 4 rings (SSSR count). The zero-order valence-corrected chi connectivity index (χ0v) is 20.8. The fourth-order valence-corrected chi connectivity index (χ4v) is 3.86. The SMILES string of the molecule is COc1cc(NC(=O)c2cc3ccccc3cc2O)c(OC)cc1Cl.Nc1cccc(I)c1. The van der Waals surface area contributed by atoms with Gasteiger partial charge in [-0.1, -0.05) is 41.9 Å². The van der Waals surface area contributed by atoms with Crippen LogP contribution in [0.15, 0.2) is 72.8 Å². The predicted octanol–water partition coefficient (Wildman–Crippen LogP) is 6.34. The lowest BCUT2D eigenvalue weighted by atomic mass is 10.1. The molecule has 0 aliphatic rings. The molecule has 170 valence electrons. The van der Waals surface area contributed by atoms with Gasteiger partial charge in [0.05, 0.1) is 30.5 Å². The van der Waals surface area contributed by atoms with Gasteiger partial charge >= 0.3 is 0 Å². The predicted molar refractivity (Wildman–Crippen MR) is 142 cm³/mol. The molecule has 0 unspecified atom stereocenters. The highest BCUT2D eigenvalue weighted by Gasteiger charge is 2.17. The molecule has 0 saturated carbocycles. The van der Waals surface area contributed by atoms with Gasteiger partial charge in [0, 0.05) is 21.4 Å². The summed E-state index contributed by atoms with van der Waals surface area (Å²) in [5.74, 6) is 0.224. The zero-order chi connectivity index (χ0) is 24.0. The summed E-state index contributed by atoms with van der Waals surface area (Å²) in [6.45, 7) is 0. The largest absolute Gasteiger partial charge is 0.507 e. The molecular formula is C25H22ClIN2O4. The fraction of sp³-hybridized carbons (Fsp3) is 0.0800. The highest BCUT2D eigenvalue weighted by molar-refractivity contribution is 14.1. The molecule has 8 heteroatoms. The Morgan fingerprint density at radius 2 is 1.61 bits per heavy atom. The Morgan fingerprint density at radius 3 is 2.18 bits per heavy atom. The Bertz CT molecular complexity index is 1280. The lowest BCUT2D eigenvalue weighted by Gasteiger charge is -2.14. The van der Waals surface area contributed by atoms with Crippen molar-refractivity contribution in [1.82, 2.24) is 0 Å². The molecule has 0 spiro atoms. The summed E-state index contributed by atoms with van der Waals surface area (Å²) in [7, 11) is 2.95. The Kier molecular flexibility index (Phi) is 8.24. The van der Waals surface area contributed by atoms with Crippen LogP contribution in [0.2, 0.25) is 5.02 Å². The number of carbonyl (C=O) groups excluding carboxylic acids is 1. The van der Waals surface area contributed by atoms with Crippen molar-refractivity contribution in [3.8, 4) is 17.2 Å². The van der Waals surface area contributed by atoms with E-state index in [9.17, 15) is 9.90 Å². The van der Waals surface area contributed by atoms with Gasteiger partial charge in [0.25, 0.3) is 5.91 Å². The van der Waals surface area contributed by atoms with E-state index in [4.69, 9.17) is 26.8 Å². The van der Waals surface area contributed by atoms with Crippen LogP contribution in [0.1, 0.15) is 10.4 Å². The number of methoxy groups -OCH3 is 2. The number of fused-ring (bicyclic) bond motifs is 1. The lowest BCUT2D eigenvalue weighted by Crippen LogP contribution is -2.13. The van der Waals surface area contributed by atoms with Crippen LogP contribution in [0.5, 0.6) is 17.2 Å². The van der Waals surface area contributed by atoms with Crippen molar-refractivity contribution in [1.29, 1.82) is 0 Å². The van der Waals surface area contributed by atoms with Crippen molar-refractivity contribution in [2.45, 2.75) is 0 Å². The van der Waals surface area contributed by atoms with Gasteiger partial charge in [-0.2, -0.15) is 0 Å². The van der Waals surface area contributed by atoms with Crippen molar-refractivity contribution >= 4 is 62.2 Å². The first-order valence-corrected chi connectivity index (χ1v) is 11.2. The van der Waals surface area contributed by atoms with E-state index in [1.807, 2.05) is 48.5 Å². The smallest absolute Gasteiger partial charge is 0.259 e. The quantitative estimate of drug-likeness (QED) is 0.195. The minimum atomic E-state index is -0.467. The number of nitrogen functional groups attached to an aromatic ring is 1. The third kappa shape index (κ3) is 6.21. The molecule has 4 aromatic carbocycles. The van der Waals surface area contributed by atoms with E-state index in [-0.39, 0.29) is 11.3 Å². The molecule has 33 heavy (non-hydrogen) atoms. The molecular weight excluding hydrogens is 555 g/mol. The highest BCUT2D eigenvalue weighted by atomic mass is 127. The highest BCUT2D eigenvalue weighted by Crippen LogP contribution is 2.36. The Balaban J connectivity index is 0.000000323. The molecule has 0 aliphatic heterocycles. The molecule has 0 aromatic heterocycles. The second-order valence-corrected chi connectivity index (χ2v) is 8.57. The molecule has 6 nitrogen and oxygen atoms in total. The monoisotopic (exact) mass is 576 g/mol. The molecule has 4 aromatic rings. The molecule has 0 aliphatic carbocycles. The topological polar surface area (TPSA) is 93.8 Å². The summed E-state index contributed by atoms with van der Waals surface area (Å²) < 4.78 is 11.6. The van der Waals surface area contributed by atoms with Gasteiger partial charge < -0.3 is 25.6 Å². The maximum Gasteiger partial charge on any atom is 0.259 e. The normalized spacial score (nSPS) is 10.2. The summed E-state index contributed by atoms with van der Waals surface area (Å²) in [5.41, 5.74) is 6.84. The van der Waals surface area contributed by atoms with E-state index in [0.717, 1.165) is 16.5 Å². The van der Waals surface area contributed by atoms with E-state index in [0.29, 0.717) is 22.2 Å². The van der Waals surface area contributed by atoms with E-state index in [1.165, 1.54) is 17.8 Å². The van der Waals surface area contributed by atoms with E-state index in [1.54, 1.807) is 24.3 Å². The van der Waals surface area contributed by atoms with Gasteiger partial charge in [0.1, 0.15) is 17.2 Å². The number of phenolic OH excluding ortho intramolecular Hbond substituents is 1. The molecule has 0 saturated heterocycles. The number of benzene rings is 4. The van der Waals surface area contributed by atoms with Gasteiger partial charge in [-0.15, -0.1) is 0 Å². The molecule has 0 atom stereocenters. The minimum Gasteiger partial charge on any atom is -0.507 e. The first-order chi connectivity index (χ1) is 15.8. The van der Waals surface area contributed by atoms with Crippen molar-refractivity contribution in [3.05, 3.63) is 87.0 Å². The van der Waals surface area contributed by atoms with Gasteiger partial charge in [-0.25, -0.2) is 0 Å². The number of phenols is 1. The number of hydrogen-bond donors (Lipinski definition) is 3. The number of nitrogens with one attached hydrogen (secondary N) is 1. The third-order valence-electron chi connectivity index (χ3n) is 4.68. The standard InChI is InChI=1S/C19H16ClNO4.C6H6IN/c1-24-17-10-15(18(25-2)9-14(17)20)21-19(23)13-7-11-5-3-4-6-12(11)8-16(13)22;7-5-2-1-3-6(8)4-5/h3-10,22H,1-2H3,(H,21,23);1-4H,8H2. The molecule has 4 N–H and O–H groups in total. The number of carbonyl (C=O) groups is 1. The van der Waals surface area contributed by atoms with Crippen LogP contribution in [0.4, 0.5) is 11.4 Å². The van der Waals surface area contributed by atoms with Crippen molar-refractivity contribution in [2.24, 2.45) is 0 Å². The van der Waals surface area contributed by atoms with Gasteiger partial charge in [-0.3, -0.25) is 4.79 Å². The Morgan fingerprint density at radius 1 is 0.939 bits per heavy atom. The average molecular weight is 577 g/mol. The Labute approximate surface area is 210 Å². The van der Waals surface area contributed by atoms with Crippen molar-refractivity contribution < 1.29 is 19.4 Å². The second-order valence-electron chi connectivity index (χ2n) is 6.91. The third-order valence-corrected chi connectivity index (χ3v) is 5.65. The van der Waals surface area contributed by atoms with Gasteiger partial charge in [0.15, 0.2) is 0 Å². The number of aromatic hydroxyl groups is 1. The van der Waals surface area contributed by atoms with Crippen LogP contribution in [0.25, 0.3) is 10.8 Å². The van der Waals surface area contributed by atoms with Crippen LogP contribution in [0.3, 0.4) is 0 Å². The fourth-order valence-electron chi connectivity index (χ4n) is 3.06. The number of amides is 1. The number of hydrogen-bond acceptors (Lipinski definition) is 5. The van der Waals surface area contributed by atoms with Crippen LogP contribution >= 0.6 is 34.2 Å². The first kappa shape index (κ1) is 24.5. The molecule has 0 heterocycles. The maximum atomic E-state index is 12.6.